The van der Waals surface area contributed by atoms with Crippen molar-refractivity contribution in [1.82, 2.24) is 10.2 Å². The molecule has 5 heteroatoms. The number of nitrogens with one attached hydrogen (secondary N) is 1. The van der Waals surface area contributed by atoms with Gasteiger partial charge in [0.15, 0.2) is 0 Å². The second-order valence-corrected chi connectivity index (χ2v) is 6.06. The number of amides is 2. The fourth-order valence-electron chi connectivity index (χ4n) is 3.22. The highest BCUT2D eigenvalue weighted by Crippen LogP contribution is 2.24. The van der Waals surface area contributed by atoms with Gasteiger partial charge >= 0.3 is 0 Å². The number of carbonyl (C=O) groups is 2. The smallest absolute Gasteiger partial charge is 0.253 e. The summed E-state index contributed by atoms with van der Waals surface area (Å²) in [6.45, 7) is 5.89. The molecular formula is C18H27N3O2. The van der Waals surface area contributed by atoms with Crippen LogP contribution >= 0.6 is 0 Å². The molecule has 0 heterocycles. The molecule has 0 aromatic heterocycles. The largest absolute Gasteiger partial charge is 0.349 e. The van der Waals surface area contributed by atoms with Crippen LogP contribution in [0.1, 0.15) is 53.8 Å². The van der Waals surface area contributed by atoms with Gasteiger partial charge in [-0.25, -0.2) is 0 Å². The Morgan fingerprint density at radius 1 is 1.13 bits per heavy atom. The first kappa shape index (κ1) is 17.5. The predicted molar refractivity (Wildman–Crippen MR) is 91.3 cm³/mol. The van der Waals surface area contributed by atoms with E-state index in [1.54, 1.807) is 29.2 Å². The van der Waals surface area contributed by atoms with E-state index in [1.807, 2.05) is 13.8 Å². The van der Waals surface area contributed by atoms with Crippen molar-refractivity contribution in [3.05, 3.63) is 35.4 Å². The zero-order valence-electron chi connectivity index (χ0n) is 14.0. The highest BCUT2D eigenvalue weighted by molar-refractivity contribution is 5.97. The van der Waals surface area contributed by atoms with Crippen LogP contribution in [0.3, 0.4) is 0 Å². The molecule has 5 nitrogen and oxygen atoms in total. The van der Waals surface area contributed by atoms with Gasteiger partial charge < -0.3 is 16.0 Å². The second kappa shape index (κ2) is 8.11. The summed E-state index contributed by atoms with van der Waals surface area (Å²) in [7, 11) is 0. The number of nitrogens with zero attached hydrogens (tertiary/aromatic N) is 1. The lowest BCUT2D eigenvalue weighted by molar-refractivity contribution is 0.0772. The summed E-state index contributed by atoms with van der Waals surface area (Å²) in [6, 6.07) is 7.07. The Balaban J connectivity index is 2.01. The molecule has 1 aromatic carbocycles. The van der Waals surface area contributed by atoms with Crippen LogP contribution in [0.2, 0.25) is 0 Å². The van der Waals surface area contributed by atoms with Gasteiger partial charge in [0, 0.05) is 30.3 Å². The normalized spacial score (nSPS) is 20.3. The fraction of sp³-hybridized carbons (Fsp3) is 0.556. The molecule has 1 aromatic rings. The van der Waals surface area contributed by atoms with Gasteiger partial charge in [-0.2, -0.15) is 0 Å². The summed E-state index contributed by atoms with van der Waals surface area (Å²) in [5.74, 6) is 0.292. The van der Waals surface area contributed by atoms with Crippen molar-refractivity contribution in [2.45, 2.75) is 39.2 Å². The Hall–Kier alpha value is -1.88. The van der Waals surface area contributed by atoms with E-state index < -0.39 is 0 Å². The van der Waals surface area contributed by atoms with Gasteiger partial charge in [0.2, 0.25) is 0 Å². The molecule has 2 unspecified atom stereocenters. The lowest BCUT2D eigenvalue weighted by Crippen LogP contribution is -2.39. The molecule has 3 N–H and O–H groups in total. The third kappa shape index (κ3) is 4.10. The molecule has 1 aliphatic carbocycles. The number of hydrogen-bond donors (Lipinski definition) is 2. The van der Waals surface area contributed by atoms with Gasteiger partial charge in [-0.15, -0.1) is 0 Å². The molecule has 0 radical (unpaired) electrons. The lowest BCUT2D eigenvalue weighted by Gasteiger charge is -2.20. The maximum Gasteiger partial charge on any atom is 0.253 e. The van der Waals surface area contributed by atoms with E-state index in [1.165, 1.54) is 0 Å². The average molecular weight is 317 g/mol. The van der Waals surface area contributed by atoms with Crippen LogP contribution in [-0.4, -0.2) is 42.4 Å². The molecule has 2 amide bonds. The lowest BCUT2D eigenvalue weighted by atomic mass is 10.0. The van der Waals surface area contributed by atoms with E-state index in [0.717, 1.165) is 19.3 Å². The van der Waals surface area contributed by atoms with Gasteiger partial charge in [-0.1, -0.05) is 6.42 Å². The van der Waals surface area contributed by atoms with Crippen molar-refractivity contribution in [3.8, 4) is 0 Å². The van der Waals surface area contributed by atoms with Crippen molar-refractivity contribution in [2.75, 3.05) is 19.6 Å². The number of nitrogens with two attached hydrogens (primary N) is 1. The summed E-state index contributed by atoms with van der Waals surface area (Å²) in [6.07, 6.45) is 3.19. The number of rotatable bonds is 6. The Labute approximate surface area is 138 Å². The molecule has 0 bridgehead atoms. The number of benzene rings is 1. The van der Waals surface area contributed by atoms with Crippen molar-refractivity contribution in [2.24, 2.45) is 11.7 Å². The molecule has 0 saturated heterocycles. The monoisotopic (exact) mass is 317 g/mol. The molecule has 23 heavy (non-hydrogen) atoms. The standard InChI is InChI=1S/C18H27N3O2/c1-3-21(4-2)18(23)14-10-8-13(9-11-14)17(22)20-16-7-5-6-15(16)12-19/h8-11,15-16H,3-7,12,19H2,1-2H3,(H,20,22). The highest BCUT2D eigenvalue weighted by Gasteiger charge is 2.27. The average Bonchev–Trinajstić information content (AvgIpc) is 3.03. The Morgan fingerprint density at radius 3 is 2.30 bits per heavy atom. The summed E-state index contributed by atoms with van der Waals surface area (Å²) < 4.78 is 0. The van der Waals surface area contributed by atoms with Gasteiger partial charge in [-0.05, 0) is 63.4 Å². The van der Waals surface area contributed by atoms with Crippen molar-refractivity contribution in [1.29, 1.82) is 0 Å². The zero-order chi connectivity index (χ0) is 16.8. The highest BCUT2D eigenvalue weighted by atomic mass is 16.2. The van der Waals surface area contributed by atoms with Crippen LogP contribution in [0.15, 0.2) is 24.3 Å². The van der Waals surface area contributed by atoms with E-state index in [-0.39, 0.29) is 17.9 Å². The summed E-state index contributed by atoms with van der Waals surface area (Å²) >= 11 is 0. The maximum absolute atomic E-state index is 12.3. The van der Waals surface area contributed by atoms with Gasteiger partial charge in [0.1, 0.15) is 0 Å². The molecule has 1 saturated carbocycles. The maximum atomic E-state index is 12.3. The molecular weight excluding hydrogens is 290 g/mol. The van der Waals surface area contributed by atoms with Crippen LogP contribution in [0.25, 0.3) is 0 Å². The first-order chi connectivity index (χ1) is 11.1. The van der Waals surface area contributed by atoms with Gasteiger partial charge in [0.25, 0.3) is 11.8 Å². The Kier molecular flexibility index (Phi) is 6.16. The summed E-state index contributed by atoms with van der Waals surface area (Å²) in [5, 5.41) is 3.08. The van der Waals surface area contributed by atoms with Crippen LogP contribution in [0, 0.1) is 5.92 Å². The van der Waals surface area contributed by atoms with Crippen molar-refractivity contribution < 1.29 is 9.59 Å². The van der Waals surface area contributed by atoms with Crippen LogP contribution in [0.5, 0.6) is 0 Å². The molecule has 1 aliphatic rings. The van der Waals surface area contributed by atoms with Gasteiger partial charge in [0.05, 0.1) is 0 Å². The minimum Gasteiger partial charge on any atom is -0.349 e. The Bertz CT molecular complexity index is 538. The first-order valence-corrected chi connectivity index (χ1v) is 8.50. The SMILES string of the molecule is CCN(CC)C(=O)c1ccc(C(=O)NC2CCCC2CN)cc1. The zero-order valence-corrected chi connectivity index (χ0v) is 14.0. The summed E-state index contributed by atoms with van der Waals surface area (Å²) in [5.41, 5.74) is 6.96. The quantitative estimate of drug-likeness (QED) is 0.843. The van der Waals surface area contributed by atoms with E-state index in [2.05, 4.69) is 5.32 Å². The third-order valence-electron chi connectivity index (χ3n) is 4.72. The fourth-order valence-corrected chi connectivity index (χ4v) is 3.22. The molecule has 2 rings (SSSR count). The molecule has 2 atom stereocenters. The van der Waals surface area contributed by atoms with Gasteiger partial charge in [-0.3, -0.25) is 9.59 Å². The Morgan fingerprint density at radius 2 is 1.74 bits per heavy atom. The predicted octanol–water partition coefficient (Wildman–Crippen LogP) is 2.03. The van der Waals surface area contributed by atoms with Crippen molar-refractivity contribution in [3.63, 3.8) is 0 Å². The molecule has 1 fully saturated rings. The van der Waals surface area contributed by atoms with Crippen LogP contribution in [-0.2, 0) is 0 Å². The van der Waals surface area contributed by atoms with E-state index in [0.29, 0.717) is 36.7 Å². The minimum atomic E-state index is -0.0859. The first-order valence-electron chi connectivity index (χ1n) is 8.50. The van der Waals surface area contributed by atoms with E-state index in [9.17, 15) is 9.59 Å². The molecule has 0 aliphatic heterocycles. The number of hydrogen-bond acceptors (Lipinski definition) is 3. The third-order valence-corrected chi connectivity index (χ3v) is 4.72. The number of carbonyl (C=O) groups excluding carboxylic acids is 2. The topological polar surface area (TPSA) is 75.4 Å². The molecule has 126 valence electrons. The van der Waals surface area contributed by atoms with Crippen molar-refractivity contribution >= 4 is 11.8 Å². The minimum absolute atomic E-state index is 0.000877. The second-order valence-electron chi connectivity index (χ2n) is 6.06. The van der Waals surface area contributed by atoms with E-state index in [4.69, 9.17) is 5.73 Å². The van der Waals surface area contributed by atoms with Crippen LogP contribution in [0.4, 0.5) is 0 Å². The van der Waals surface area contributed by atoms with Crippen LogP contribution < -0.4 is 11.1 Å². The van der Waals surface area contributed by atoms with E-state index >= 15 is 0 Å². The summed E-state index contributed by atoms with van der Waals surface area (Å²) in [4.78, 5) is 26.4. The molecule has 0 spiro atoms.